The summed E-state index contributed by atoms with van der Waals surface area (Å²) >= 11 is 3.46. The van der Waals surface area contributed by atoms with Gasteiger partial charge in [-0.05, 0) is 49.0 Å². The summed E-state index contributed by atoms with van der Waals surface area (Å²) in [6.07, 6.45) is 5.78. The van der Waals surface area contributed by atoms with Gasteiger partial charge in [0.25, 0.3) is 0 Å². The van der Waals surface area contributed by atoms with Crippen LogP contribution in [0.3, 0.4) is 0 Å². The van der Waals surface area contributed by atoms with Crippen molar-refractivity contribution in [3.05, 3.63) is 59.2 Å². The Morgan fingerprint density at radius 3 is 2.48 bits per heavy atom. The molecular formula is C19H19BrO5. The summed E-state index contributed by atoms with van der Waals surface area (Å²) in [5.41, 5.74) is 1.01. The van der Waals surface area contributed by atoms with Crippen LogP contribution in [0.15, 0.2) is 48.1 Å². The summed E-state index contributed by atoms with van der Waals surface area (Å²) < 4.78 is -0.932. The van der Waals surface area contributed by atoms with Crippen LogP contribution in [0.4, 0.5) is 0 Å². The number of aliphatic carboxylic acids is 1. The van der Waals surface area contributed by atoms with E-state index in [4.69, 9.17) is 0 Å². The molecule has 0 fully saturated rings. The zero-order chi connectivity index (χ0) is 18.6. The number of ketones is 1. The molecule has 0 amide bonds. The predicted molar refractivity (Wildman–Crippen MR) is 97.2 cm³/mol. The number of carbonyl (C=O) groups excluding carboxylic acids is 1. The molecule has 0 bridgehead atoms. The molecule has 1 unspecified atom stereocenters. The average molecular weight is 407 g/mol. The van der Waals surface area contributed by atoms with E-state index in [1.807, 2.05) is 6.92 Å². The number of benzene rings is 1. The third kappa shape index (κ3) is 4.25. The monoisotopic (exact) mass is 406 g/mol. The lowest BCUT2D eigenvalue weighted by Crippen LogP contribution is -2.30. The van der Waals surface area contributed by atoms with E-state index in [2.05, 4.69) is 15.9 Å². The van der Waals surface area contributed by atoms with Crippen molar-refractivity contribution >= 4 is 33.7 Å². The number of aromatic carboxylic acids is 1. The normalized spacial score (nSPS) is 20.9. The fourth-order valence-electron chi connectivity index (χ4n) is 3.08. The molecule has 0 aromatic heterocycles. The predicted octanol–water partition coefficient (Wildman–Crippen LogP) is 3.94. The Labute approximate surface area is 154 Å². The Morgan fingerprint density at radius 2 is 1.88 bits per heavy atom. The van der Waals surface area contributed by atoms with Crippen LogP contribution in [-0.2, 0) is 9.59 Å². The molecule has 5 nitrogen and oxygen atoms in total. The zero-order valence-corrected chi connectivity index (χ0v) is 15.3. The quantitative estimate of drug-likeness (QED) is 0.668. The van der Waals surface area contributed by atoms with Gasteiger partial charge < -0.3 is 10.2 Å². The van der Waals surface area contributed by atoms with Crippen LogP contribution in [0.5, 0.6) is 0 Å². The lowest BCUT2D eigenvalue weighted by atomic mass is 9.82. The van der Waals surface area contributed by atoms with E-state index in [9.17, 15) is 24.6 Å². The fraction of sp³-hybridized carbons (Fsp3) is 0.316. The summed E-state index contributed by atoms with van der Waals surface area (Å²) in [5, 5.41) is 18.8. The highest BCUT2D eigenvalue weighted by Crippen LogP contribution is 2.40. The van der Waals surface area contributed by atoms with E-state index < -0.39 is 16.3 Å². The summed E-state index contributed by atoms with van der Waals surface area (Å²) in [6.45, 7) is 1.97. The third-order valence-corrected chi connectivity index (χ3v) is 5.54. The zero-order valence-electron chi connectivity index (χ0n) is 13.7. The molecule has 1 aliphatic carbocycles. The Bertz CT molecular complexity index is 765. The molecule has 1 aliphatic rings. The van der Waals surface area contributed by atoms with E-state index in [1.165, 1.54) is 6.08 Å². The highest BCUT2D eigenvalue weighted by atomic mass is 79.9. The molecule has 0 radical (unpaired) electrons. The molecule has 0 saturated heterocycles. The summed E-state index contributed by atoms with van der Waals surface area (Å²) in [7, 11) is 0. The number of hydrogen-bond donors (Lipinski definition) is 2. The van der Waals surface area contributed by atoms with Gasteiger partial charge in [0, 0.05) is 0 Å². The Balaban J connectivity index is 2.25. The first-order valence-electron chi connectivity index (χ1n) is 7.98. The van der Waals surface area contributed by atoms with Gasteiger partial charge in [-0.15, -0.1) is 0 Å². The summed E-state index contributed by atoms with van der Waals surface area (Å²) in [5.74, 6) is -2.50. The van der Waals surface area contributed by atoms with Crippen molar-refractivity contribution in [1.29, 1.82) is 0 Å². The van der Waals surface area contributed by atoms with E-state index in [0.717, 1.165) is 18.1 Å². The average Bonchev–Trinajstić information content (AvgIpc) is 2.58. The number of halogens is 1. The van der Waals surface area contributed by atoms with Crippen LogP contribution < -0.4 is 0 Å². The Morgan fingerprint density at radius 1 is 1.20 bits per heavy atom. The minimum atomic E-state index is -1.14. The molecule has 132 valence electrons. The standard InChI is InChI=1S/C19H19BrO5/c1-2-12(14-5-3-4-6-15(14)17(22)23)7-9-19(20)10-8-13(21)11-16(19)18(24)25/h3-6,8,10-12H,2,7,9H2,1H3,(H,22,23)(H,24,25)/t12?,19-/m1/s1. The first kappa shape index (κ1) is 19.1. The van der Waals surface area contributed by atoms with Gasteiger partial charge in [0.15, 0.2) is 5.78 Å². The van der Waals surface area contributed by atoms with Gasteiger partial charge in [-0.1, -0.05) is 47.1 Å². The van der Waals surface area contributed by atoms with Gasteiger partial charge in [-0.3, -0.25) is 4.79 Å². The SMILES string of the molecule is CCC(CC[C@@]1(Br)C=CC(=O)C=C1C(=O)O)c1ccccc1C(=O)O. The third-order valence-electron chi connectivity index (χ3n) is 4.46. The van der Waals surface area contributed by atoms with Crippen LogP contribution in [0.1, 0.15) is 48.0 Å². The van der Waals surface area contributed by atoms with Crippen molar-refractivity contribution in [2.45, 2.75) is 36.4 Å². The molecule has 6 heteroatoms. The molecule has 25 heavy (non-hydrogen) atoms. The Kier molecular flexibility index (Phi) is 5.95. The summed E-state index contributed by atoms with van der Waals surface area (Å²) in [6, 6.07) is 6.86. The van der Waals surface area contributed by atoms with Gasteiger partial charge in [-0.25, -0.2) is 9.59 Å². The number of carboxylic acid groups (broad SMARTS) is 2. The van der Waals surface area contributed by atoms with Gasteiger partial charge in [0.2, 0.25) is 0 Å². The fourth-order valence-corrected chi connectivity index (χ4v) is 3.73. The van der Waals surface area contributed by atoms with Crippen molar-refractivity contribution < 1.29 is 24.6 Å². The van der Waals surface area contributed by atoms with Gasteiger partial charge in [0.1, 0.15) is 0 Å². The minimum Gasteiger partial charge on any atom is -0.478 e. The second-order valence-corrected chi connectivity index (χ2v) is 7.41. The number of allylic oxidation sites excluding steroid dienone is 3. The molecule has 0 heterocycles. The molecule has 0 saturated carbocycles. The highest BCUT2D eigenvalue weighted by Gasteiger charge is 2.36. The maximum Gasteiger partial charge on any atom is 0.335 e. The molecule has 1 aromatic rings. The number of carbonyl (C=O) groups is 3. The van der Waals surface area contributed by atoms with Crippen LogP contribution in [0.25, 0.3) is 0 Å². The maximum absolute atomic E-state index is 11.5. The topological polar surface area (TPSA) is 91.7 Å². The lowest BCUT2D eigenvalue weighted by Gasteiger charge is -2.29. The highest BCUT2D eigenvalue weighted by molar-refractivity contribution is 9.10. The first-order chi connectivity index (χ1) is 11.8. The second-order valence-electron chi connectivity index (χ2n) is 6.00. The molecule has 2 rings (SSSR count). The number of hydrogen-bond acceptors (Lipinski definition) is 3. The second kappa shape index (κ2) is 7.78. The lowest BCUT2D eigenvalue weighted by molar-refractivity contribution is -0.133. The first-order valence-corrected chi connectivity index (χ1v) is 8.77. The number of alkyl halides is 1. The van der Waals surface area contributed by atoms with Crippen molar-refractivity contribution in [3.8, 4) is 0 Å². The van der Waals surface area contributed by atoms with Crippen LogP contribution in [-0.4, -0.2) is 32.3 Å². The van der Waals surface area contributed by atoms with Crippen LogP contribution in [0, 0.1) is 0 Å². The number of rotatable bonds is 7. The smallest absolute Gasteiger partial charge is 0.335 e. The molecule has 0 spiro atoms. The van der Waals surface area contributed by atoms with Crippen molar-refractivity contribution in [2.24, 2.45) is 0 Å². The molecule has 0 aliphatic heterocycles. The molecular weight excluding hydrogens is 388 g/mol. The van der Waals surface area contributed by atoms with Crippen molar-refractivity contribution in [1.82, 2.24) is 0 Å². The summed E-state index contributed by atoms with van der Waals surface area (Å²) in [4.78, 5) is 34.4. The largest absolute Gasteiger partial charge is 0.478 e. The number of carboxylic acids is 2. The maximum atomic E-state index is 11.5. The van der Waals surface area contributed by atoms with Crippen LogP contribution >= 0.6 is 15.9 Å². The van der Waals surface area contributed by atoms with Crippen molar-refractivity contribution in [2.75, 3.05) is 0 Å². The molecule has 2 atom stereocenters. The van der Waals surface area contributed by atoms with E-state index in [-0.39, 0.29) is 22.8 Å². The van der Waals surface area contributed by atoms with Gasteiger partial charge >= 0.3 is 11.9 Å². The van der Waals surface area contributed by atoms with Crippen molar-refractivity contribution in [3.63, 3.8) is 0 Å². The molecule has 2 N–H and O–H groups in total. The molecule has 1 aromatic carbocycles. The van der Waals surface area contributed by atoms with E-state index >= 15 is 0 Å². The van der Waals surface area contributed by atoms with E-state index in [1.54, 1.807) is 30.3 Å². The van der Waals surface area contributed by atoms with E-state index in [0.29, 0.717) is 12.8 Å². The minimum absolute atomic E-state index is 0.00127. The Hall–Kier alpha value is -2.21. The van der Waals surface area contributed by atoms with Crippen LogP contribution in [0.2, 0.25) is 0 Å². The van der Waals surface area contributed by atoms with Gasteiger partial charge in [-0.2, -0.15) is 0 Å². The van der Waals surface area contributed by atoms with Gasteiger partial charge in [0.05, 0.1) is 15.5 Å².